The van der Waals surface area contributed by atoms with E-state index in [0.29, 0.717) is 61.4 Å². The molecule has 9 nitrogen and oxygen atoms in total. The smallest absolute Gasteiger partial charge is 0.407 e. The van der Waals surface area contributed by atoms with E-state index in [4.69, 9.17) is 23.2 Å². The van der Waals surface area contributed by atoms with E-state index >= 15 is 0 Å². The molecule has 2 saturated heterocycles. The molecule has 43 heavy (non-hydrogen) atoms. The Balaban J connectivity index is 1.44. The van der Waals surface area contributed by atoms with Gasteiger partial charge in [0.25, 0.3) is 0 Å². The number of carboxylic acid groups (broad SMARTS) is 1. The molecule has 2 fully saturated rings. The lowest BCUT2D eigenvalue weighted by molar-refractivity contribution is -0.140. The van der Waals surface area contributed by atoms with Gasteiger partial charge in [0.15, 0.2) is 0 Å². The third-order valence-electron chi connectivity index (χ3n) is 9.53. The number of para-hydroxylation sites is 1. The highest BCUT2D eigenvalue weighted by molar-refractivity contribution is 6.36. The van der Waals surface area contributed by atoms with Crippen molar-refractivity contribution >= 4 is 46.9 Å². The number of hydrogen-bond acceptors (Lipinski definition) is 4. The van der Waals surface area contributed by atoms with Gasteiger partial charge in [-0.25, -0.2) is 9.59 Å². The quantitative estimate of drug-likeness (QED) is 0.433. The van der Waals surface area contributed by atoms with Gasteiger partial charge in [0, 0.05) is 60.0 Å². The first-order valence-electron chi connectivity index (χ1n) is 15.1. The van der Waals surface area contributed by atoms with Crippen LogP contribution in [0.15, 0.2) is 36.4 Å². The summed E-state index contributed by atoms with van der Waals surface area (Å²) >= 11 is 13.0. The monoisotopic (exact) mass is 629 g/mol. The SMILES string of the molecule is Cc1c(Cl)cc(CC(C(=O)N2CCC(N(C)C)CC2)[C@H]2CC(N3CCc4ccccc4NC3=O)CCN2C(=O)O)cc1Cl. The van der Waals surface area contributed by atoms with Gasteiger partial charge in [-0.1, -0.05) is 41.4 Å². The van der Waals surface area contributed by atoms with Gasteiger partial charge in [-0.15, -0.1) is 0 Å². The maximum absolute atomic E-state index is 14.4. The number of urea groups is 1. The summed E-state index contributed by atoms with van der Waals surface area (Å²) < 4.78 is 0. The molecule has 2 unspecified atom stereocenters. The van der Waals surface area contributed by atoms with Crippen molar-refractivity contribution in [3.63, 3.8) is 0 Å². The van der Waals surface area contributed by atoms with Crippen LogP contribution in [0.25, 0.3) is 0 Å². The van der Waals surface area contributed by atoms with E-state index in [9.17, 15) is 19.5 Å². The molecule has 232 valence electrons. The topological polar surface area (TPSA) is 96.4 Å². The van der Waals surface area contributed by atoms with E-state index in [1.165, 1.54) is 4.90 Å². The fraction of sp³-hybridized carbons (Fsp3) is 0.531. The van der Waals surface area contributed by atoms with Gasteiger partial charge in [0.1, 0.15) is 0 Å². The Morgan fingerprint density at radius 1 is 1.05 bits per heavy atom. The van der Waals surface area contributed by atoms with E-state index in [-0.39, 0.29) is 24.5 Å². The zero-order chi connectivity index (χ0) is 30.8. The average Bonchev–Trinajstić information content (AvgIpc) is 3.16. The number of anilines is 1. The molecule has 4 amide bonds. The molecule has 3 heterocycles. The lowest BCUT2D eigenvalue weighted by Gasteiger charge is -2.46. The summed E-state index contributed by atoms with van der Waals surface area (Å²) in [5.74, 6) is -0.716. The van der Waals surface area contributed by atoms with Crippen molar-refractivity contribution in [2.24, 2.45) is 5.92 Å². The van der Waals surface area contributed by atoms with Crippen LogP contribution in [0.4, 0.5) is 15.3 Å². The van der Waals surface area contributed by atoms with Crippen molar-refractivity contribution in [3.8, 4) is 0 Å². The Labute approximate surface area is 263 Å². The summed E-state index contributed by atoms with van der Waals surface area (Å²) in [4.78, 5) is 47.7. The zero-order valence-electron chi connectivity index (χ0n) is 25.1. The Morgan fingerprint density at radius 2 is 1.72 bits per heavy atom. The van der Waals surface area contributed by atoms with Crippen LogP contribution in [-0.2, 0) is 17.6 Å². The fourth-order valence-corrected chi connectivity index (χ4v) is 7.44. The summed E-state index contributed by atoms with van der Waals surface area (Å²) in [6.07, 6.45) is 2.53. The summed E-state index contributed by atoms with van der Waals surface area (Å²) in [5, 5.41) is 14.4. The Kier molecular flexibility index (Phi) is 9.73. The van der Waals surface area contributed by atoms with Crippen molar-refractivity contribution in [2.45, 2.75) is 63.6 Å². The summed E-state index contributed by atoms with van der Waals surface area (Å²) in [6, 6.07) is 10.8. The number of fused-ring (bicyclic) bond motifs is 1. The number of piperidine rings is 2. The van der Waals surface area contributed by atoms with Crippen LogP contribution < -0.4 is 5.32 Å². The lowest BCUT2D eigenvalue weighted by Crippen LogP contribution is -2.59. The maximum atomic E-state index is 14.4. The third kappa shape index (κ3) is 6.89. The maximum Gasteiger partial charge on any atom is 0.407 e. The molecule has 3 aliphatic heterocycles. The van der Waals surface area contributed by atoms with Crippen molar-refractivity contribution in [3.05, 3.63) is 63.1 Å². The molecule has 0 aliphatic carbocycles. The van der Waals surface area contributed by atoms with Crippen LogP contribution in [-0.4, -0.2) is 101 Å². The predicted molar refractivity (Wildman–Crippen MR) is 169 cm³/mol. The first-order valence-corrected chi connectivity index (χ1v) is 15.8. The van der Waals surface area contributed by atoms with Gasteiger partial charge in [0.2, 0.25) is 5.91 Å². The molecule has 0 saturated carbocycles. The van der Waals surface area contributed by atoms with Crippen LogP contribution in [0.2, 0.25) is 10.0 Å². The summed E-state index contributed by atoms with van der Waals surface area (Å²) in [7, 11) is 4.11. The van der Waals surface area contributed by atoms with Gasteiger partial charge in [-0.2, -0.15) is 0 Å². The number of rotatable bonds is 6. The molecule has 2 aromatic carbocycles. The van der Waals surface area contributed by atoms with E-state index in [2.05, 4.69) is 24.3 Å². The van der Waals surface area contributed by atoms with Gasteiger partial charge < -0.3 is 30.0 Å². The normalized spacial score (nSPS) is 22.2. The number of likely N-dealkylation sites (tertiary alicyclic amines) is 2. The van der Waals surface area contributed by atoms with Crippen LogP contribution in [0.3, 0.4) is 0 Å². The molecule has 0 aromatic heterocycles. The second-order valence-electron chi connectivity index (χ2n) is 12.3. The van der Waals surface area contributed by atoms with Crippen molar-refractivity contribution in [1.29, 1.82) is 0 Å². The van der Waals surface area contributed by atoms with Crippen molar-refractivity contribution < 1.29 is 19.5 Å². The molecular formula is C32H41Cl2N5O4. The molecule has 2 aromatic rings. The van der Waals surface area contributed by atoms with Crippen LogP contribution in [0.1, 0.15) is 42.4 Å². The van der Waals surface area contributed by atoms with Gasteiger partial charge in [-0.3, -0.25) is 4.79 Å². The van der Waals surface area contributed by atoms with E-state index < -0.39 is 18.1 Å². The lowest BCUT2D eigenvalue weighted by atomic mass is 9.82. The number of halogens is 2. The predicted octanol–water partition coefficient (Wildman–Crippen LogP) is 5.61. The van der Waals surface area contributed by atoms with Gasteiger partial charge in [0.05, 0.1) is 5.92 Å². The molecule has 11 heteroatoms. The Bertz CT molecular complexity index is 1340. The number of nitrogens with one attached hydrogen (secondary N) is 1. The van der Waals surface area contributed by atoms with E-state index in [1.54, 1.807) is 0 Å². The number of carbonyl (C=O) groups excluding carboxylic acids is 2. The minimum Gasteiger partial charge on any atom is -0.465 e. The molecule has 3 aliphatic rings. The summed E-state index contributed by atoms with van der Waals surface area (Å²) in [6.45, 7) is 3.83. The van der Waals surface area contributed by atoms with Gasteiger partial charge >= 0.3 is 12.1 Å². The van der Waals surface area contributed by atoms with Crippen LogP contribution in [0, 0.1) is 12.8 Å². The zero-order valence-corrected chi connectivity index (χ0v) is 26.6. The first kappa shape index (κ1) is 31.4. The highest BCUT2D eigenvalue weighted by Gasteiger charge is 2.44. The molecule has 0 bridgehead atoms. The summed E-state index contributed by atoms with van der Waals surface area (Å²) in [5.41, 5.74) is 3.42. The first-order chi connectivity index (χ1) is 20.5. The van der Waals surface area contributed by atoms with Crippen molar-refractivity contribution in [1.82, 2.24) is 19.6 Å². The molecule has 0 radical (unpaired) electrons. The minimum absolute atomic E-state index is 0.0605. The molecule has 5 rings (SSSR count). The van der Waals surface area contributed by atoms with Crippen LogP contribution >= 0.6 is 23.2 Å². The highest BCUT2D eigenvalue weighted by Crippen LogP contribution is 2.34. The Morgan fingerprint density at radius 3 is 2.37 bits per heavy atom. The highest BCUT2D eigenvalue weighted by atomic mass is 35.5. The minimum atomic E-state index is -1.06. The second kappa shape index (κ2) is 13.3. The number of amides is 4. The fourth-order valence-electron chi connectivity index (χ4n) is 6.91. The third-order valence-corrected chi connectivity index (χ3v) is 10.3. The van der Waals surface area contributed by atoms with E-state index in [1.807, 2.05) is 53.1 Å². The second-order valence-corrected chi connectivity index (χ2v) is 13.1. The number of hydrogen-bond donors (Lipinski definition) is 2. The standard InChI is InChI=1S/C32H41Cl2N5O4/c1-20-26(33)17-21(18-27(20)34)16-25(30(40)37-12-9-23(10-13-37)36(2)3)29-19-24(11-15-39(29)32(42)43)38-14-8-22-6-4-5-7-28(22)35-31(38)41/h4-7,17-18,23-25,29H,8-16,19H2,1-3H3,(H,35,41)(H,42,43)/t24?,25?,29-/m1/s1. The molecule has 2 N–H and O–H groups in total. The largest absolute Gasteiger partial charge is 0.465 e. The van der Waals surface area contributed by atoms with E-state index in [0.717, 1.165) is 35.2 Å². The van der Waals surface area contributed by atoms with Gasteiger partial charge in [-0.05, 0) is 94.4 Å². The molecule has 3 atom stereocenters. The Hall–Kier alpha value is -3.01. The molecular weight excluding hydrogens is 589 g/mol. The average molecular weight is 631 g/mol. The number of benzene rings is 2. The molecule has 0 spiro atoms. The van der Waals surface area contributed by atoms with Crippen LogP contribution in [0.5, 0.6) is 0 Å². The van der Waals surface area contributed by atoms with Crippen molar-refractivity contribution in [2.75, 3.05) is 45.6 Å². The number of carbonyl (C=O) groups is 3. The number of nitrogens with zero attached hydrogens (tertiary/aromatic N) is 4.